The standard InChI is InChI=1S/C54H34N2O/c1-3-13-35(14-4-1)36-23-25-37(26-24-36)40-33-51(54-46-19-9-12-22-52(46)57-53(54)34-40)56-48-21-11-8-18-43(48)45-30-28-39(32-50(45)56)38-27-29-44-42-17-7-10-20-47(42)55(49(44)31-38)41-15-5-2-6-16-41/h1-34H. The van der Waals surface area contributed by atoms with Gasteiger partial charge in [0, 0.05) is 32.6 Å². The first-order valence-corrected chi connectivity index (χ1v) is 19.5. The van der Waals surface area contributed by atoms with E-state index in [0.717, 1.165) is 55.5 Å². The third-order valence-corrected chi connectivity index (χ3v) is 11.7. The molecule has 0 spiro atoms. The number of benzene rings is 9. The minimum atomic E-state index is 0.872. The fourth-order valence-corrected chi connectivity index (χ4v) is 9.08. The van der Waals surface area contributed by atoms with E-state index in [2.05, 4.69) is 209 Å². The summed E-state index contributed by atoms with van der Waals surface area (Å²) >= 11 is 0. The van der Waals surface area contributed by atoms with Crippen LogP contribution in [0.1, 0.15) is 0 Å². The third-order valence-electron chi connectivity index (χ3n) is 11.7. The molecule has 0 unspecified atom stereocenters. The number of furan rings is 1. The lowest BCUT2D eigenvalue weighted by Crippen LogP contribution is -1.96. The highest BCUT2D eigenvalue weighted by Crippen LogP contribution is 2.43. The van der Waals surface area contributed by atoms with E-state index in [0.29, 0.717) is 0 Å². The number of rotatable bonds is 5. The van der Waals surface area contributed by atoms with Crippen LogP contribution in [0.2, 0.25) is 0 Å². The molecule has 57 heavy (non-hydrogen) atoms. The fraction of sp³-hybridized carbons (Fsp3) is 0. The first kappa shape index (κ1) is 31.7. The van der Waals surface area contributed by atoms with Gasteiger partial charge in [0.2, 0.25) is 0 Å². The lowest BCUT2D eigenvalue weighted by atomic mass is 9.98. The summed E-state index contributed by atoms with van der Waals surface area (Å²) < 4.78 is 11.5. The van der Waals surface area contributed by atoms with Crippen molar-refractivity contribution in [2.45, 2.75) is 0 Å². The van der Waals surface area contributed by atoms with Gasteiger partial charge in [-0.05, 0) is 88.0 Å². The van der Waals surface area contributed by atoms with Gasteiger partial charge in [0.1, 0.15) is 11.2 Å². The van der Waals surface area contributed by atoms with E-state index in [9.17, 15) is 0 Å². The Hall–Kier alpha value is -7.62. The molecule has 3 heterocycles. The fourth-order valence-electron chi connectivity index (χ4n) is 9.08. The molecule has 0 radical (unpaired) electrons. The summed E-state index contributed by atoms with van der Waals surface area (Å²) in [6.45, 7) is 0. The molecule has 3 heteroatoms. The molecule has 12 rings (SSSR count). The SMILES string of the molecule is c1ccc(-c2ccc(-c3cc(-n4c5ccccc5c5ccc(-c6ccc7c8ccccc8n(-c8ccccc8)c7c6)cc54)c4c(c3)oc3ccccc34)cc2)cc1. The monoisotopic (exact) mass is 726 g/mol. The predicted octanol–water partition coefficient (Wildman–Crippen LogP) is 14.8. The van der Waals surface area contributed by atoms with Crippen molar-refractivity contribution in [2.24, 2.45) is 0 Å². The van der Waals surface area contributed by atoms with Crippen LogP contribution in [0.5, 0.6) is 0 Å². The Labute approximate surface area is 328 Å². The molecular formula is C54H34N2O. The van der Waals surface area contributed by atoms with Crippen molar-refractivity contribution in [2.75, 3.05) is 0 Å². The first-order chi connectivity index (χ1) is 28.3. The Balaban J connectivity index is 1.10. The Kier molecular flexibility index (Phi) is 6.93. The summed E-state index contributed by atoms with van der Waals surface area (Å²) in [6, 6.07) is 74.5. The molecule has 0 atom stereocenters. The molecule has 3 aromatic heterocycles. The van der Waals surface area contributed by atoms with Gasteiger partial charge in [-0.2, -0.15) is 0 Å². The number of hydrogen-bond acceptors (Lipinski definition) is 1. The van der Waals surface area contributed by atoms with Crippen molar-refractivity contribution in [1.82, 2.24) is 9.13 Å². The van der Waals surface area contributed by atoms with Crippen LogP contribution < -0.4 is 0 Å². The van der Waals surface area contributed by atoms with Gasteiger partial charge in [-0.25, -0.2) is 0 Å². The van der Waals surface area contributed by atoms with Crippen molar-refractivity contribution in [3.63, 3.8) is 0 Å². The summed E-state index contributed by atoms with van der Waals surface area (Å²) in [5.74, 6) is 0. The molecule has 0 saturated carbocycles. The minimum absolute atomic E-state index is 0.872. The van der Waals surface area contributed by atoms with Crippen LogP contribution >= 0.6 is 0 Å². The van der Waals surface area contributed by atoms with Gasteiger partial charge in [-0.3, -0.25) is 0 Å². The van der Waals surface area contributed by atoms with Gasteiger partial charge in [0.05, 0.1) is 33.1 Å². The van der Waals surface area contributed by atoms with Gasteiger partial charge in [-0.1, -0.05) is 152 Å². The second-order valence-electron chi connectivity index (χ2n) is 14.9. The average molecular weight is 727 g/mol. The van der Waals surface area contributed by atoms with Crippen LogP contribution in [0, 0.1) is 0 Å². The zero-order valence-electron chi connectivity index (χ0n) is 30.9. The molecular weight excluding hydrogens is 693 g/mol. The van der Waals surface area contributed by atoms with Gasteiger partial charge in [-0.15, -0.1) is 0 Å². The van der Waals surface area contributed by atoms with Crippen molar-refractivity contribution >= 4 is 65.6 Å². The molecule has 0 amide bonds. The third kappa shape index (κ3) is 4.92. The predicted molar refractivity (Wildman–Crippen MR) is 239 cm³/mol. The van der Waals surface area contributed by atoms with Gasteiger partial charge >= 0.3 is 0 Å². The van der Waals surface area contributed by atoms with Crippen LogP contribution in [0.4, 0.5) is 0 Å². The molecule has 0 aliphatic rings. The molecule has 0 N–H and O–H groups in total. The first-order valence-electron chi connectivity index (χ1n) is 19.5. The van der Waals surface area contributed by atoms with Crippen LogP contribution in [0.15, 0.2) is 211 Å². The number of aromatic nitrogens is 2. The molecule has 0 bridgehead atoms. The topological polar surface area (TPSA) is 23.0 Å². The second-order valence-corrected chi connectivity index (χ2v) is 14.9. The maximum Gasteiger partial charge on any atom is 0.138 e. The maximum absolute atomic E-state index is 6.66. The highest BCUT2D eigenvalue weighted by atomic mass is 16.3. The van der Waals surface area contributed by atoms with Gasteiger partial charge in [0.15, 0.2) is 0 Å². The van der Waals surface area contributed by atoms with E-state index in [1.54, 1.807) is 0 Å². The molecule has 0 fully saturated rings. The van der Waals surface area contributed by atoms with Crippen LogP contribution in [0.25, 0.3) is 110 Å². The van der Waals surface area contributed by atoms with E-state index in [4.69, 9.17) is 4.42 Å². The summed E-state index contributed by atoms with van der Waals surface area (Å²) in [7, 11) is 0. The summed E-state index contributed by atoms with van der Waals surface area (Å²) in [5, 5.41) is 7.15. The lowest BCUT2D eigenvalue weighted by Gasteiger charge is -2.14. The molecule has 266 valence electrons. The Morgan fingerprint density at radius 2 is 0.754 bits per heavy atom. The Morgan fingerprint density at radius 1 is 0.281 bits per heavy atom. The average Bonchev–Trinajstić information content (AvgIpc) is 3.94. The lowest BCUT2D eigenvalue weighted by molar-refractivity contribution is 0.669. The number of fused-ring (bicyclic) bond motifs is 9. The van der Waals surface area contributed by atoms with Crippen molar-refractivity contribution in [1.29, 1.82) is 0 Å². The largest absolute Gasteiger partial charge is 0.456 e. The Morgan fingerprint density at radius 3 is 1.42 bits per heavy atom. The van der Waals surface area contributed by atoms with Crippen LogP contribution in [-0.2, 0) is 0 Å². The van der Waals surface area contributed by atoms with Crippen LogP contribution in [0.3, 0.4) is 0 Å². The highest BCUT2D eigenvalue weighted by Gasteiger charge is 2.21. The molecule has 0 aliphatic heterocycles. The summed E-state index contributed by atoms with van der Waals surface area (Å²) in [6.07, 6.45) is 0. The normalized spacial score (nSPS) is 11.9. The minimum Gasteiger partial charge on any atom is -0.456 e. The van der Waals surface area contributed by atoms with Gasteiger partial charge in [0.25, 0.3) is 0 Å². The summed E-state index contributed by atoms with van der Waals surface area (Å²) in [5.41, 5.74) is 15.7. The van der Waals surface area contributed by atoms with Crippen molar-refractivity contribution in [3.05, 3.63) is 206 Å². The van der Waals surface area contributed by atoms with Gasteiger partial charge < -0.3 is 13.6 Å². The smallest absolute Gasteiger partial charge is 0.138 e. The molecule has 3 nitrogen and oxygen atoms in total. The number of nitrogens with zero attached hydrogens (tertiary/aromatic N) is 2. The zero-order valence-corrected chi connectivity index (χ0v) is 30.9. The molecule has 0 saturated heterocycles. The number of para-hydroxylation sites is 4. The second kappa shape index (κ2) is 12.5. The molecule has 9 aromatic carbocycles. The summed E-state index contributed by atoms with van der Waals surface area (Å²) in [4.78, 5) is 0. The molecule has 12 aromatic rings. The van der Waals surface area contributed by atoms with E-state index in [-0.39, 0.29) is 0 Å². The molecule has 0 aliphatic carbocycles. The van der Waals surface area contributed by atoms with E-state index in [1.165, 1.54) is 54.8 Å². The Bertz CT molecular complexity index is 3490. The number of hydrogen-bond donors (Lipinski definition) is 0. The quantitative estimate of drug-likeness (QED) is 0.173. The van der Waals surface area contributed by atoms with Crippen LogP contribution in [-0.4, -0.2) is 9.13 Å². The van der Waals surface area contributed by atoms with Crippen molar-refractivity contribution in [3.8, 4) is 44.8 Å². The van der Waals surface area contributed by atoms with E-state index < -0.39 is 0 Å². The van der Waals surface area contributed by atoms with E-state index >= 15 is 0 Å². The zero-order chi connectivity index (χ0) is 37.5. The van der Waals surface area contributed by atoms with Crippen molar-refractivity contribution < 1.29 is 4.42 Å². The van der Waals surface area contributed by atoms with E-state index in [1.807, 2.05) is 6.07 Å². The maximum atomic E-state index is 6.66. The highest BCUT2D eigenvalue weighted by molar-refractivity contribution is 6.16.